The van der Waals surface area contributed by atoms with E-state index in [9.17, 15) is 19.5 Å². The van der Waals surface area contributed by atoms with Crippen molar-refractivity contribution < 1.29 is 38.4 Å². The lowest BCUT2D eigenvalue weighted by Gasteiger charge is -2.37. The highest BCUT2D eigenvalue weighted by atomic mass is 35.5. The van der Waals surface area contributed by atoms with Crippen LogP contribution in [-0.2, 0) is 24.7 Å². The van der Waals surface area contributed by atoms with Crippen LogP contribution in [0.2, 0.25) is 5.02 Å². The van der Waals surface area contributed by atoms with Gasteiger partial charge in [0, 0.05) is 23.7 Å². The van der Waals surface area contributed by atoms with Gasteiger partial charge in [0.1, 0.15) is 23.1 Å². The van der Waals surface area contributed by atoms with Crippen LogP contribution in [0.3, 0.4) is 0 Å². The Kier molecular flexibility index (Phi) is 11.6. The largest absolute Gasteiger partial charge is 0.483 e. The van der Waals surface area contributed by atoms with E-state index < -0.39 is 47.1 Å². The SMILES string of the molecule is CCOC(=O)C[C@H](C)[C@@](O)(NC(=O)OC(C)(C)C)c1cc(Cl)c(O[C@H](C)c2ccccn2)cc1NC(=O)OC(C)(C)C. The zero-order chi connectivity index (χ0) is 31.9. The Bertz CT molecular complexity index is 1240. The molecule has 12 heteroatoms. The Hall–Kier alpha value is -3.57. The van der Waals surface area contributed by atoms with Crippen LogP contribution in [0.5, 0.6) is 5.75 Å². The molecule has 11 nitrogen and oxygen atoms in total. The summed E-state index contributed by atoms with van der Waals surface area (Å²) >= 11 is 6.65. The summed E-state index contributed by atoms with van der Waals surface area (Å²) < 4.78 is 22.0. The lowest BCUT2D eigenvalue weighted by Crippen LogP contribution is -2.52. The van der Waals surface area contributed by atoms with Crippen molar-refractivity contribution in [2.45, 2.75) is 91.8 Å². The number of hydrogen-bond acceptors (Lipinski definition) is 9. The van der Waals surface area contributed by atoms with Crippen LogP contribution in [0.25, 0.3) is 0 Å². The van der Waals surface area contributed by atoms with Gasteiger partial charge in [0.05, 0.1) is 29.4 Å². The molecular formula is C30H42ClN3O8. The Labute approximate surface area is 252 Å². The maximum Gasteiger partial charge on any atom is 0.412 e. The molecule has 0 aliphatic carbocycles. The maximum atomic E-state index is 13.0. The van der Waals surface area contributed by atoms with Crippen LogP contribution < -0.4 is 15.4 Å². The van der Waals surface area contributed by atoms with Crippen molar-refractivity contribution in [3.8, 4) is 5.75 Å². The van der Waals surface area contributed by atoms with E-state index in [1.54, 1.807) is 73.7 Å². The summed E-state index contributed by atoms with van der Waals surface area (Å²) in [4.78, 5) is 42.6. The van der Waals surface area contributed by atoms with Gasteiger partial charge < -0.3 is 24.1 Å². The van der Waals surface area contributed by atoms with E-state index in [0.717, 1.165) is 0 Å². The predicted molar refractivity (Wildman–Crippen MR) is 158 cm³/mol. The second-order valence-corrected chi connectivity index (χ2v) is 12.2. The molecule has 232 valence electrons. The van der Waals surface area contributed by atoms with Crippen molar-refractivity contribution >= 4 is 35.4 Å². The summed E-state index contributed by atoms with van der Waals surface area (Å²) in [6.07, 6.45) is -1.01. The van der Waals surface area contributed by atoms with Crippen molar-refractivity contribution in [3.63, 3.8) is 0 Å². The molecule has 0 aliphatic heterocycles. The molecule has 2 aromatic rings. The first-order valence-corrected chi connectivity index (χ1v) is 14.0. The van der Waals surface area contributed by atoms with E-state index >= 15 is 0 Å². The molecule has 3 N–H and O–H groups in total. The van der Waals surface area contributed by atoms with Crippen molar-refractivity contribution in [2.75, 3.05) is 11.9 Å². The third-order valence-corrected chi connectivity index (χ3v) is 6.00. The third-order valence-electron chi connectivity index (χ3n) is 5.71. The van der Waals surface area contributed by atoms with E-state index in [4.69, 9.17) is 30.5 Å². The molecule has 0 unspecified atom stereocenters. The number of amides is 2. The molecule has 2 rings (SSSR count). The zero-order valence-corrected chi connectivity index (χ0v) is 26.4. The van der Waals surface area contributed by atoms with E-state index in [2.05, 4.69) is 15.6 Å². The summed E-state index contributed by atoms with van der Waals surface area (Å²) in [5, 5.41) is 17.3. The summed E-state index contributed by atoms with van der Waals surface area (Å²) in [6.45, 7) is 15.2. The van der Waals surface area contributed by atoms with Crippen LogP contribution in [0.1, 0.15) is 86.1 Å². The molecule has 0 saturated carbocycles. The number of carbonyl (C=O) groups excluding carboxylic acids is 3. The summed E-state index contributed by atoms with van der Waals surface area (Å²) in [6, 6.07) is 8.12. The minimum atomic E-state index is -2.28. The summed E-state index contributed by atoms with van der Waals surface area (Å²) in [5.41, 5.74) is -3.43. The third kappa shape index (κ3) is 10.4. The predicted octanol–water partition coefficient (Wildman–Crippen LogP) is 6.48. The molecular weight excluding hydrogens is 566 g/mol. The van der Waals surface area contributed by atoms with E-state index in [1.807, 2.05) is 6.07 Å². The summed E-state index contributed by atoms with van der Waals surface area (Å²) in [7, 11) is 0. The van der Waals surface area contributed by atoms with Crippen LogP contribution >= 0.6 is 11.6 Å². The second kappa shape index (κ2) is 14.1. The topological polar surface area (TPSA) is 145 Å². The normalized spacial score (nSPS) is 14.5. The number of aliphatic hydroxyl groups is 1. The average Bonchev–Trinajstić information content (AvgIpc) is 2.83. The van der Waals surface area contributed by atoms with Crippen LogP contribution in [-0.4, -0.2) is 46.1 Å². The maximum absolute atomic E-state index is 13.0. The van der Waals surface area contributed by atoms with Gasteiger partial charge in [-0.15, -0.1) is 0 Å². The van der Waals surface area contributed by atoms with Crippen LogP contribution in [0.15, 0.2) is 36.5 Å². The van der Waals surface area contributed by atoms with Gasteiger partial charge >= 0.3 is 18.2 Å². The van der Waals surface area contributed by atoms with Crippen molar-refractivity contribution in [3.05, 3.63) is 52.8 Å². The molecule has 0 fully saturated rings. The lowest BCUT2D eigenvalue weighted by atomic mass is 9.86. The number of anilines is 1. The average molecular weight is 608 g/mol. The number of alkyl carbamates (subject to hydrolysis) is 1. The molecule has 2 amide bonds. The molecule has 0 spiro atoms. The first-order chi connectivity index (χ1) is 19.3. The number of rotatable bonds is 10. The van der Waals surface area contributed by atoms with Gasteiger partial charge in [0.15, 0.2) is 5.72 Å². The fourth-order valence-corrected chi connectivity index (χ4v) is 4.08. The molecule has 3 atom stereocenters. The molecule has 42 heavy (non-hydrogen) atoms. The molecule has 0 saturated heterocycles. The molecule has 0 bridgehead atoms. The number of halogens is 1. The standard InChI is InChI=1S/C30H42ClN3O8/c1-10-39-25(35)15-18(2)30(38,34-27(37)42-29(7,8)9)20-16-21(31)24(40-19(3)22-13-11-12-14-32-22)17-23(20)33-26(36)41-28(4,5)6/h11-14,16-19,38H,10,15H2,1-9H3,(H,33,36)(H,34,37)/t18-,19+,30-/m0/s1. The summed E-state index contributed by atoms with van der Waals surface area (Å²) in [5.74, 6) is -1.44. The molecule has 1 aromatic heterocycles. The second-order valence-electron chi connectivity index (χ2n) is 11.8. The van der Waals surface area contributed by atoms with E-state index in [-0.39, 0.29) is 35.1 Å². The number of aromatic nitrogens is 1. The quantitative estimate of drug-likeness (QED) is 0.157. The number of esters is 1. The molecule has 1 aromatic carbocycles. The van der Waals surface area contributed by atoms with Crippen molar-refractivity contribution in [1.29, 1.82) is 0 Å². The minimum absolute atomic E-state index is 0.00568. The van der Waals surface area contributed by atoms with Gasteiger partial charge in [-0.2, -0.15) is 0 Å². The monoisotopic (exact) mass is 607 g/mol. The highest BCUT2D eigenvalue weighted by Crippen LogP contribution is 2.41. The van der Waals surface area contributed by atoms with Gasteiger partial charge in [-0.05, 0) is 73.6 Å². The zero-order valence-electron chi connectivity index (χ0n) is 25.7. The van der Waals surface area contributed by atoms with Gasteiger partial charge in [-0.1, -0.05) is 24.6 Å². The number of nitrogens with zero attached hydrogens (tertiary/aromatic N) is 1. The highest BCUT2D eigenvalue weighted by Gasteiger charge is 2.43. The van der Waals surface area contributed by atoms with Gasteiger partial charge in [0.25, 0.3) is 0 Å². The molecule has 1 heterocycles. The lowest BCUT2D eigenvalue weighted by molar-refractivity contribution is -0.148. The van der Waals surface area contributed by atoms with Crippen LogP contribution in [0, 0.1) is 5.92 Å². The molecule has 0 aliphatic rings. The Morgan fingerprint density at radius 1 is 1.00 bits per heavy atom. The van der Waals surface area contributed by atoms with Crippen molar-refractivity contribution in [2.24, 2.45) is 5.92 Å². The number of nitrogens with one attached hydrogen (secondary N) is 2. The van der Waals surface area contributed by atoms with Crippen molar-refractivity contribution in [1.82, 2.24) is 10.3 Å². The first-order valence-electron chi connectivity index (χ1n) is 13.7. The highest BCUT2D eigenvalue weighted by molar-refractivity contribution is 6.32. The minimum Gasteiger partial charge on any atom is -0.483 e. The van der Waals surface area contributed by atoms with Crippen LogP contribution in [0.4, 0.5) is 15.3 Å². The Balaban J connectivity index is 2.67. The number of pyridine rings is 1. The van der Waals surface area contributed by atoms with Gasteiger partial charge in [-0.3, -0.25) is 20.4 Å². The Morgan fingerprint density at radius 3 is 2.17 bits per heavy atom. The number of ether oxygens (including phenoxy) is 4. The van der Waals surface area contributed by atoms with Gasteiger partial charge in [-0.25, -0.2) is 9.59 Å². The van der Waals surface area contributed by atoms with Gasteiger partial charge in [0.2, 0.25) is 0 Å². The fourth-order valence-electron chi connectivity index (χ4n) is 3.88. The number of benzene rings is 1. The molecule has 0 radical (unpaired) electrons. The fraction of sp³-hybridized carbons (Fsp3) is 0.533. The Morgan fingerprint density at radius 2 is 1.62 bits per heavy atom. The van der Waals surface area contributed by atoms with E-state index in [1.165, 1.54) is 19.1 Å². The number of carbonyl (C=O) groups is 3. The first kappa shape index (κ1) is 34.6. The smallest absolute Gasteiger partial charge is 0.412 e. The number of hydrogen-bond donors (Lipinski definition) is 3. The van der Waals surface area contributed by atoms with E-state index in [0.29, 0.717) is 5.69 Å².